The molecule has 0 saturated carbocycles. The Bertz CT molecular complexity index is 1020. The number of carbonyl (C=O) groups is 1. The highest BCUT2D eigenvalue weighted by molar-refractivity contribution is 5.86. The summed E-state index contributed by atoms with van der Waals surface area (Å²) in [5.41, 5.74) is 4.65. The number of nitrogens with one attached hydrogen (secondary N) is 1. The van der Waals surface area contributed by atoms with Gasteiger partial charge in [0.25, 0.3) is 0 Å². The van der Waals surface area contributed by atoms with Gasteiger partial charge in [-0.2, -0.15) is 0 Å². The van der Waals surface area contributed by atoms with E-state index in [1.807, 2.05) is 6.07 Å². The van der Waals surface area contributed by atoms with Crippen molar-refractivity contribution in [3.05, 3.63) is 72.1 Å². The van der Waals surface area contributed by atoms with Gasteiger partial charge in [0.2, 0.25) is 5.91 Å². The first-order valence-electron chi connectivity index (χ1n) is 11.6. The van der Waals surface area contributed by atoms with E-state index in [2.05, 4.69) is 66.7 Å². The van der Waals surface area contributed by atoms with Crippen molar-refractivity contribution in [1.29, 1.82) is 0 Å². The topological polar surface area (TPSA) is 56.2 Å². The Morgan fingerprint density at radius 3 is 2.59 bits per heavy atom. The fourth-order valence-electron chi connectivity index (χ4n) is 4.01. The van der Waals surface area contributed by atoms with Crippen molar-refractivity contribution in [2.45, 2.75) is 58.9 Å². The van der Waals surface area contributed by atoms with E-state index in [1.54, 1.807) is 0 Å². The number of amides is 1. The highest BCUT2D eigenvalue weighted by Gasteiger charge is 2.10. The van der Waals surface area contributed by atoms with Gasteiger partial charge in [-0.15, -0.1) is 0 Å². The molecule has 0 unspecified atom stereocenters. The van der Waals surface area contributed by atoms with E-state index in [0.717, 1.165) is 68.8 Å². The lowest BCUT2D eigenvalue weighted by Crippen LogP contribution is -2.21. The van der Waals surface area contributed by atoms with Crippen molar-refractivity contribution in [2.75, 3.05) is 13.2 Å². The van der Waals surface area contributed by atoms with Crippen LogP contribution in [-0.4, -0.2) is 28.6 Å². The molecule has 1 aromatic heterocycles. The molecule has 32 heavy (non-hydrogen) atoms. The summed E-state index contributed by atoms with van der Waals surface area (Å²) in [5, 5.41) is 2.83. The van der Waals surface area contributed by atoms with Crippen LogP contribution in [0.25, 0.3) is 11.0 Å². The minimum atomic E-state index is -0.103. The molecule has 0 aliphatic rings. The molecule has 0 spiro atoms. The van der Waals surface area contributed by atoms with Crippen molar-refractivity contribution >= 4 is 16.9 Å². The predicted molar refractivity (Wildman–Crippen MR) is 131 cm³/mol. The third-order valence-corrected chi connectivity index (χ3v) is 5.73. The van der Waals surface area contributed by atoms with E-state index < -0.39 is 0 Å². The molecule has 0 saturated heterocycles. The van der Waals surface area contributed by atoms with Crippen molar-refractivity contribution < 1.29 is 9.53 Å². The van der Waals surface area contributed by atoms with Crippen molar-refractivity contribution in [1.82, 2.24) is 14.9 Å². The summed E-state index contributed by atoms with van der Waals surface area (Å²) in [6.45, 7) is 10.0. The molecule has 0 bridgehead atoms. The average Bonchev–Trinajstić information content (AvgIpc) is 3.14. The first-order valence-corrected chi connectivity index (χ1v) is 11.6. The Morgan fingerprint density at radius 1 is 1.03 bits per heavy atom. The fraction of sp³-hybridized carbons (Fsp3) is 0.407. The fourth-order valence-corrected chi connectivity index (χ4v) is 4.01. The molecule has 5 heteroatoms. The minimum absolute atomic E-state index is 0.103. The Labute approximate surface area is 191 Å². The number of aryl methyl sites for hydroxylation is 4. The zero-order valence-electron chi connectivity index (χ0n) is 19.4. The number of carbonyl (C=O) groups excluding carboxylic acids is 1. The minimum Gasteiger partial charge on any atom is -0.493 e. The monoisotopic (exact) mass is 433 g/mol. The van der Waals surface area contributed by atoms with Gasteiger partial charge in [0.1, 0.15) is 11.6 Å². The van der Waals surface area contributed by atoms with Gasteiger partial charge in [-0.3, -0.25) is 4.79 Å². The summed E-state index contributed by atoms with van der Waals surface area (Å²) in [6.07, 6.45) is 7.40. The van der Waals surface area contributed by atoms with E-state index in [4.69, 9.17) is 9.72 Å². The maximum atomic E-state index is 11.2. The van der Waals surface area contributed by atoms with Crippen LogP contribution >= 0.6 is 0 Å². The Hall–Kier alpha value is -3.08. The van der Waals surface area contributed by atoms with E-state index in [-0.39, 0.29) is 5.91 Å². The van der Waals surface area contributed by atoms with Crippen LogP contribution in [0.5, 0.6) is 5.75 Å². The number of nitrogens with zero attached hydrogens (tertiary/aromatic N) is 2. The Morgan fingerprint density at radius 2 is 1.81 bits per heavy atom. The van der Waals surface area contributed by atoms with Gasteiger partial charge in [-0.25, -0.2) is 4.98 Å². The SMILES string of the molecule is C=CC(=O)NCCCCCc1nc2ccccc2n1CCCCOc1c(C)cccc1C. The number of ether oxygens (including phenoxy) is 1. The summed E-state index contributed by atoms with van der Waals surface area (Å²) < 4.78 is 8.44. The molecule has 0 atom stereocenters. The molecule has 5 nitrogen and oxygen atoms in total. The molecular weight excluding hydrogens is 398 g/mol. The third-order valence-electron chi connectivity index (χ3n) is 5.73. The summed E-state index contributed by atoms with van der Waals surface area (Å²) in [4.78, 5) is 16.1. The van der Waals surface area contributed by atoms with E-state index in [0.29, 0.717) is 6.54 Å². The molecule has 3 aromatic rings. The lowest BCUT2D eigenvalue weighted by molar-refractivity contribution is -0.116. The summed E-state index contributed by atoms with van der Waals surface area (Å²) in [5.74, 6) is 2.07. The lowest BCUT2D eigenvalue weighted by atomic mass is 10.1. The van der Waals surface area contributed by atoms with Gasteiger partial charge in [-0.05, 0) is 68.9 Å². The molecule has 170 valence electrons. The van der Waals surface area contributed by atoms with Crippen molar-refractivity contribution in [3.8, 4) is 5.75 Å². The normalized spacial score (nSPS) is 10.9. The average molecular weight is 434 g/mol. The molecule has 0 aliphatic carbocycles. The summed E-state index contributed by atoms with van der Waals surface area (Å²) in [6, 6.07) is 14.6. The van der Waals surface area contributed by atoms with Crippen LogP contribution in [0.1, 0.15) is 49.1 Å². The Kier molecular flexibility index (Phi) is 8.90. The van der Waals surface area contributed by atoms with E-state index in [9.17, 15) is 4.79 Å². The number of aromatic nitrogens is 2. The number of para-hydroxylation sites is 3. The second kappa shape index (κ2) is 12.1. The number of unbranched alkanes of at least 4 members (excludes halogenated alkanes) is 3. The second-order valence-electron chi connectivity index (χ2n) is 8.25. The van der Waals surface area contributed by atoms with Gasteiger partial charge in [-0.1, -0.05) is 43.3 Å². The van der Waals surface area contributed by atoms with Gasteiger partial charge in [0, 0.05) is 19.5 Å². The van der Waals surface area contributed by atoms with Gasteiger partial charge in [0.05, 0.1) is 17.6 Å². The maximum Gasteiger partial charge on any atom is 0.243 e. The molecule has 1 heterocycles. The first-order chi connectivity index (χ1) is 15.6. The maximum absolute atomic E-state index is 11.2. The molecule has 2 aromatic carbocycles. The van der Waals surface area contributed by atoms with Crippen molar-refractivity contribution in [2.24, 2.45) is 0 Å². The van der Waals surface area contributed by atoms with E-state index >= 15 is 0 Å². The van der Waals surface area contributed by atoms with Gasteiger partial charge < -0.3 is 14.6 Å². The molecule has 0 radical (unpaired) electrons. The van der Waals surface area contributed by atoms with Crippen molar-refractivity contribution in [3.63, 3.8) is 0 Å². The van der Waals surface area contributed by atoms with Crippen LogP contribution in [0, 0.1) is 13.8 Å². The lowest BCUT2D eigenvalue weighted by Gasteiger charge is -2.13. The first kappa shape index (κ1) is 23.6. The number of hydrogen-bond donors (Lipinski definition) is 1. The van der Waals surface area contributed by atoms with Crippen LogP contribution < -0.4 is 10.1 Å². The van der Waals surface area contributed by atoms with Crippen LogP contribution in [0.15, 0.2) is 55.1 Å². The second-order valence-corrected chi connectivity index (χ2v) is 8.25. The quantitative estimate of drug-likeness (QED) is 0.285. The number of fused-ring (bicyclic) bond motifs is 1. The number of benzene rings is 2. The standard InChI is InChI=1S/C27H35N3O2/c1-4-26(31)28-18-9-5-6-17-25-29-23-15-7-8-16-24(23)30(25)19-10-11-20-32-27-21(2)13-12-14-22(27)3/h4,7-8,12-16H,1,5-6,9-11,17-20H2,2-3H3,(H,28,31). The van der Waals surface area contributed by atoms with Crippen LogP contribution in [-0.2, 0) is 17.8 Å². The summed E-state index contributed by atoms with van der Waals surface area (Å²) >= 11 is 0. The molecular formula is C27H35N3O2. The highest BCUT2D eigenvalue weighted by Crippen LogP contribution is 2.23. The number of imidazole rings is 1. The van der Waals surface area contributed by atoms with Crippen LogP contribution in [0.3, 0.4) is 0 Å². The largest absolute Gasteiger partial charge is 0.493 e. The molecule has 0 aliphatic heterocycles. The smallest absolute Gasteiger partial charge is 0.243 e. The molecule has 0 fully saturated rings. The number of rotatable bonds is 13. The van der Waals surface area contributed by atoms with Crippen LogP contribution in [0.2, 0.25) is 0 Å². The third kappa shape index (κ3) is 6.46. The van der Waals surface area contributed by atoms with Gasteiger partial charge in [0.15, 0.2) is 0 Å². The zero-order valence-corrected chi connectivity index (χ0v) is 19.4. The van der Waals surface area contributed by atoms with Gasteiger partial charge >= 0.3 is 0 Å². The highest BCUT2D eigenvalue weighted by atomic mass is 16.5. The summed E-state index contributed by atoms with van der Waals surface area (Å²) in [7, 11) is 0. The Balaban J connectivity index is 1.50. The predicted octanol–water partition coefficient (Wildman–Crippen LogP) is 5.53. The number of hydrogen-bond acceptors (Lipinski definition) is 3. The molecule has 1 N–H and O–H groups in total. The zero-order chi connectivity index (χ0) is 22.8. The van der Waals surface area contributed by atoms with E-state index in [1.165, 1.54) is 22.7 Å². The molecule has 1 amide bonds. The molecule has 3 rings (SSSR count). The van der Waals surface area contributed by atoms with Crippen LogP contribution in [0.4, 0.5) is 0 Å².